The molecule has 0 aliphatic carbocycles. The van der Waals surface area contributed by atoms with E-state index in [4.69, 9.17) is 43.4 Å². The molecule has 7 nitrogen and oxygen atoms in total. The molecule has 4 aromatic rings. The lowest BCUT2D eigenvalue weighted by Gasteiger charge is -2.16. The summed E-state index contributed by atoms with van der Waals surface area (Å²) in [6.45, 7) is 1.53. The van der Waals surface area contributed by atoms with Crippen LogP contribution in [0.15, 0.2) is 48.7 Å². The van der Waals surface area contributed by atoms with Gasteiger partial charge in [-0.3, -0.25) is 9.20 Å². The molecule has 0 atom stereocenters. The van der Waals surface area contributed by atoms with E-state index in [1.54, 1.807) is 10.5 Å². The smallest absolute Gasteiger partial charge is 0.255 e. The topological polar surface area (TPSA) is 90.9 Å². The Bertz CT molecular complexity index is 1350. The molecule has 3 N–H and O–H groups in total. The number of aryl methyl sites for hydroxylation is 1. The fraction of sp³-hybridized carbons (Fsp3) is 0.130. The number of amides is 1. The molecule has 0 spiro atoms. The van der Waals surface area contributed by atoms with Crippen LogP contribution in [0.25, 0.3) is 16.9 Å². The maximum absolute atomic E-state index is 13.7. The number of hydrogen-bond donors (Lipinski definition) is 2. The first-order valence-corrected chi connectivity index (χ1v) is 10.5. The van der Waals surface area contributed by atoms with Crippen LogP contribution in [0.1, 0.15) is 5.56 Å². The van der Waals surface area contributed by atoms with Crippen molar-refractivity contribution in [2.24, 2.45) is 5.73 Å². The minimum atomic E-state index is -0.625. The molecule has 2 aromatic heterocycles. The van der Waals surface area contributed by atoms with Gasteiger partial charge in [-0.05, 0) is 42.8 Å². The van der Waals surface area contributed by atoms with E-state index >= 15 is 0 Å². The maximum atomic E-state index is 13.7. The van der Waals surface area contributed by atoms with E-state index in [9.17, 15) is 9.18 Å². The number of primary amides is 1. The Morgan fingerprint density at radius 1 is 1.21 bits per heavy atom. The van der Waals surface area contributed by atoms with E-state index in [0.717, 1.165) is 5.56 Å². The number of pyridine rings is 1. The number of methoxy groups -OCH3 is 1. The average Bonchev–Trinajstić information content (AvgIpc) is 3.12. The molecule has 0 saturated carbocycles. The van der Waals surface area contributed by atoms with Gasteiger partial charge in [0.25, 0.3) is 5.91 Å². The Morgan fingerprint density at radius 2 is 1.94 bits per heavy atom. The molecule has 2 heterocycles. The van der Waals surface area contributed by atoms with Crippen molar-refractivity contribution in [2.75, 3.05) is 19.0 Å². The molecule has 0 unspecified atom stereocenters. The van der Waals surface area contributed by atoms with Crippen molar-refractivity contribution in [3.05, 3.63) is 70.1 Å². The number of benzene rings is 2. The molecular formula is C23H19Cl2FN4O3. The number of hydrogen-bond acceptors (Lipinski definition) is 5. The number of rotatable bonds is 7. The normalized spacial score (nSPS) is 10.9. The molecule has 170 valence electrons. The average molecular weight is 489 g/mol. The quantitative estimate of drug-likeness (QED) is 0.364. The first-order valence-electron chi connectivity index (χ1n) is 9.77. The second kappa shape index (κ2) is 9.17. The summed E-state index contributed by atoms with van der Waals surface area (Å²) < 4.78 is 26.6. The molecule has 0 radical (unpaired) electrons. The summed E-state index contributed by atoms with van der Waals surface area (Å²) in [5, 5.41) is 3.41. The predicted octanol–water partition coefficient (Wildman–Crippen LogP) is 5.37. The zero-order valence-electron chi connectivity index (χ0n) is 17.7. The molecule has 0 bridgehead atoms. The Morgan fingerprint density at radius 3 is 2.61 bits per heavy atom. The number of carbonyl (C=O) groups excluding carboxylic acids is 1. The van der Waals surface area contributed by atoms with Gasteiger partial charge in [0.2, 0.25) is 0 Å². The van der Waals surface area contributed by atoms with E-state index in [-0.39, 0.29) is 16.7 Å². The van der Waals surface area contributed by atoms with E-state index in [1.165, 1.54) is 19.2 Å². The van der Waals surface area contributed by atoms with Gasteiger partial charge in [0.05, 0.1) is 22.8 Å². The molecule has 10 heteroatoms. The number of aromatic nitrogens is 2. The van der Waals surface area contributed by atoms with Crippen LogP contribution < -0.4 is 20.5 Å². The number of nitrogens with one attached hydrogen (secondary N) is 1. The van der Waals surface area contributed by atoms with Crippen LogP contribution in [0.5, 0.6) is 11.5 Å². The van der Waals surface area contributed by atoms with Crippen LogP contribution in [0.4, 0.5) is 15.9 Å². The number of nitrogens with zero attached hydrogens (tertiary/aromatic N) is 2. The first-order chi connectivity index (χ1) is 15.8. The molecular weight excluding hydrogens is 470 g/mol. The summed E-state index contributed by atoms with van der Waals surface area (Å²) in [5.74, 6) is 0.229. The van der Waals surface area contributed by atoms with Crippen molar-refractivity contribution in [1.82, 2.24) is 9.38 Å². The minimum Gasteiger partial charge on any atom is -0.497 e. The number of anilines is 2. The zero-order chi connectivity index (χ0) is 23.7. The third kappa shape index (κ3) is 4.53. The van der Waals surface area contributed by atoms with Crippen LogP contribution >= 0.6 is 23.2 Å². The number of ether oxygens (including phenoxy) is 2. The highest BCUT2D eigenvalue weighted by Crippen LogP contribution is 2.43. The number of imidazole rings is 1. The highest BCUT2D eigenvalue weighted by molar-refractivity contribution is 6.39. The van der Waals surface area contributed by atoms with Gasteiger partial charge in [0, 0.05) is 17.8 Å². The minimum absolute atomic E-state index is 0.105. The van der Waals surface area contributed by atoms with Gasteiger partial charge in [-0.15, -0.1) is 0 Å². The molecule has 4 rings (SSSR count). The largest absolute Gasteiger partial charge is 0.497 e. The Labute approximate surface area is 198 Å². The molecule has 0 fully saturated rings. The van der Waals surface area contributed by atoms with Crippen LogP contribution in [-0.4, -0.2) is 29.0 Å². The molecule has 0 aliphatic rings. The summed E-state index contributed by atoms with van der Waals surface area (Å²) in [4.78, 5) is 16.1. The van der Waals surface area contributed by atoms with E-state index in [1.807, 2.05) is 37.4 Å². The van der Waals surface area contributed by atoms with Crippen LogP contribution in [0, 0.1) is 12.7 Å². The van der Waals surface area contributed by atoms with Crippen molar-refractivity contribution in [3.63, 3.8) is 0 Å². The van der Waals surface area contributed by atoms with Gasteiger partial charge in [-0.25, -0.2) is 9.37 Å². The van der Waals surface area contributed by atoms with Gasteiger partial charge in [-0.2, -0.15) is 0 Å². The van der Waals surface area contributed by atoms with Gasteiger partial charge in [0.1, 0.15) is 34.5 Å². The second-order valence-corrected chi connectivity index (χ2v) is 7.99. The van der Waals surface area contributed by atoms with Crippen molar-refractivity contribution in [3.8, 4) is 22.8 Å². The lowest BCUT2D eigenvalue weighted by atomic mass is 10.0. The predicted molar refractivity (Wildman–Crippen MR) is 126 cm³/mol. The summed E-state index contributed by atoms with van der Waals surface area (Å²) >= 11 is 12.6. The van der Waals surface area contributed by atoms with Crippen molar-refractivity contribution >= 4 is 46.3 Å². The Kier molecular flexibility index (Phi) is 6.31. The van der Waals surface area contributed by atoms with Gasteiger partial charge >= 0.3 is 0 Å². The number of fused-ring (bicyclic) bond motifs is 1. The van der Waals surface area contributed by atoms with Gasteiger partial charge < -0.3 is 20.5 Å². The fourth-order valence-corrected chi connectivity index (χ4v) is 4.03. The molecule has 0 aliphatic heterocycles. The molecule has 33 heavy (non-hydrogen) atoms. The van der Waals surface area contributed by atoms with Gasteiger partial charge in [-0.1, -0.05) is 29.3 Å². The maximum Gasteiger partial charge on any atom is 0.255 e. The number of halogens is 3. The van der Waals surface area contributed by atoms with Crippen molar-refractivity contribution < 1.29 is 18.7 Å². The SMILES string of the molecule is COc1cc(C)c(-c2nc3ccccn3c2Nc2c(Cl)cc(F)cc2Cl)c(OCC(N)=O)c1. The highest BCUT2D eigenvalue weighted by Gasteiger charge is 2.23. The summed E-state index contributed by atoms with van der Waals surface area (Å²) in [7, 11) is 1.53. The third-order valence-electron chi connectivity index (χ3n) is 4.90. The second-order valence-electron chi connectivity index (χ2n) is 7.18. The van der Waals surface area contributed by atoms with Crippen LogP contribution in [0.3, 0.4) is 0 Å². The molecule has 1 amide bonds. The monoisotopic (exact) mass is 488 g/mol. The van der Waals surface area contributed by atoms with E-state index in [0.29, 0.717) is 39.9 Å². The van der Waals surface area contributed by atoms with Crippen molar-refractivity contribution in [1.29, 1.82) is 0 Å². The summed E-state index contributed by atoms with van der Waals surface area (Å²) in [6.07, 6.45) is 1.81. The van der Waals surface area contributed by atoms with Gasteiger partial charge in [0.15, 0.2) is 6.61 Å². The van der Waals surface area contributed by atoms with Crippen LogP contribution in [0.2, 0.25) is 10.0 Å². The zero-order valence-corrected chi connectivity index (χ0v) is 19.2. The number of carbonyl (C=O) groups is 1. The van der Waals surface area contributed by atoms with E-state index < -0.39 is 11.7 Å². The fourth-order valence-electron chi connectivity index (χ4n) is 3.48. The summed E-state index contributed by atoms with van der Waals surface area (Å²) in [6, 6.07) is 11.3. The highest BCUT2D eigenvalue weighted by atomic mass is 35.5. The summed E-state index contributed by atoms with van der Waals surface area (Å²) in [5.41, 5.74) is 8.11. The Hall–Kier alpha value is -3.49. The standard InChI is InChI=1S/C23H19Cl2FN4O3/c1-12-7-14(32-2)10-17(33-11-18(27)31)20(12)22-23(30-6-4-3-5-19(30)28-22)29-21-15(24)8-13(26)9-16(21)25/h3-10,29H,11H2,1-2H3,(H2,27,31). The van der Waals surface area contributed by atoms with Crippen molar-refractivity contribution in [2.45, 2.75) is 6.92 Å². The lowest BCUT2D eigenvalue weighted by Crippen LogP contribution is -2.20. The van der Waals surface area contributed by atoms with E-state index in [2.05, 4.69) is 5.32 Å². The third-order valence-corrected chi connectivity index (χ3v) is 5.49. The lowest BCUT2D eigenvalue weighted by molar-refractivity contribution is -0.119. The molecule has 2 aromatic carbocycles. The molecule has 0 saturated heterocycles. The Balaban J connectivity index is 1.95. The number of nitrogens with two attached hydrogens (primary N) is 1. The van der Waals surface area contributed by atoms with Crippen LogP contribution in [-0.2, 0) is 4.79 Å². The first kappa shape index (κ1) is 22.7.